The van der Waals surface area contributed by atoms with E-state index in [4.69, 9.17) is 0 Å². The Morgan fingerprint density at radius 1 is 1.22 bits per heavy atom. The highest BCUT2D eigenvalue weighted by molar-refractivity contribution is 7.92. The number of benzene rings is 1. The molecule has 5 nitrogen and oxygen atoms in total. The maximum atomic E-state index is 12.6. The highest BCUT2D eigenvalue weighted by Gasteiger charge is 2.41. The van der Waals surface area contributed by atoms with Gasteiger partial charge in [0.2, 0.25) is 15.9 Å². The molecule has 3 rings (SSSR count). The zero-order chi connectivity index (χ0) is 16.6. The summed E-state index contributed by atoms with van der Waals surface area (Å²) in [6.07, 6.45) is 5.83. The van der Waals surface area contributed by atoms with Gasteiger partial charge in [-0.3, -0.25) is 9.10 Å². The number of rotatable bonds is 5. The first kappa shape index (κ1) is 16.3. The largest absolute Gasteiger partial charge is 0.351 e. The molecular weight excluding hydrogens is 312 g/mol. The molecule has 1 N–H and O–H groups in total. The van der Waals surface area contributed by atoms with Crippen LogP contribution in [0.15, 0.2) is 30.3 Å². The summed E-state index contributed by atoms with van der Waals surface area (Å²) in [4.78, 5) is 12.6. The SMILES string of the molecule is C[C@@H](C(=O)N[C@@H]1C[C@H]2CC[C@@H]1C2)N(c1ccccc1)S(C)(=O)=O. The summed E-state index contributed by atoms with van der Waals surface area (Å²) in [5.74, 6) is 1.09. The second-order valence-electron chi connectivity index (χ2n) is 6.86. The summed E-state index contributed by atoms with van der Waals surface area (Å²) in [6.45, 7) is 1.65. The third kappa shape index (κ3) is 3.37. The molecule has 126 valence electrons. The minimum absolute atomic E-state index is 0.209. The number of hydrogen-bond acceptors (Lipinski definition) is 3. The fraction of sp³-hybridized carbons (Fsp3) is 0.588. The van der Waals surface area contributed by atoms with Crippen LogP contribution in [0.1, 0.15) is 32.6 Å². The second-order valence-corrected chi connectivity index (χ2v) is 8.72. The van der Waals surface area contributed by atoms with Crippen molar-refractivity contribution in [2.24, 2.45) is 11.8 Å². The van der Waals surface area contributed by atoms with E-state index in [0.29, 0.717) is 11.6 Å². The van der Waals surface area contributed by atoms with Crippen molar-refractivity contribution in [3.63, 3.8) is 0 Å². The van der Waals surface area contributed by atoms with Gasteiger partial charge in [-0.25, -0.2) is 8.42 Å². The molecular formula is C17H24N2O3S. The Bertz CT molecular complexity index is 674. The minimum Gasteiger partial charge on any atom is -0.351 e. The molecule has 1 amide bonds. The Hall–Kier alpha value is -1.56. The molecule has 23 heavy (non-hydrogen) atoms. The first-order chi connectivity index (χ1) is 10.9. The molecule has 2 aliphatic carbocycles. The van der Waals surface area contributed by atoms with Crippen LogP contribution >= 0.6 is 0 Å². The summed E-state index contributed by atoms with van der Waals surface area (Å²) in [5.41, 5.74) is 0.519. The van der Waals surface area contributed by atoms with Gasteiger partial charge in [-0.1, -0.05) is 24.6 Å². The number of amides is 1. The second kappa shape index (κ2) is 6.15. The number of nitrogens with one attached hydrogen (secondary N) is 1. The summed E-state index contributed by atoms with van der Waals surface area (Å²) >= 11 is 0. The number of para-hydroxylation sites is 1. The van der Waals surface area contributed by atoms with Gasteiger partial charge in [0.15, 0.2) is 0 Å². The number of sulfonamides is 1. The van der Waals surface area contributed by atoms with Crippen LogP contribution in [0.2, 0.25) is 0 Å². The fourth-order valence-electron chi connectivity index (χ4n) is 4.11. The molecule has 6 heteroatoms. The minimum atomic E-state index is -3.53. The van der Waals surface area contributed by atoms with Crippen LogP contribution in [0.25, 0.3) is 0 Å². The topological polar surface area (TPSA) is 66.5 Å². The van der Waals surface area contributed by atoms with Gasteiger partial charge >= 0.3 is 0 Å². The predicted molar refractivity (Wildman–Crippen MR) is 90.6 cm³/mol. The Labute approximate surface area is 138 Å². The van der Waals surface area contributed by atoms with E-state index in [0.717, 1.165) is 18.6 Å². The normalized spacial score (nSPS) is 27.7. The third-order valence-corrected chi connectivity index (χ3v) is 6.41. The monoisotopic (exact) mass is 336 g/mol. The molecule has 1 aromatic carbocycles. The lowest BCUT2D eigenvalue weighted by molar-refractivity contribution is -0.122. The molecule has 0 saturated heterocycles. The summed E-state index contributed by atoms with van der Waals surface area (Å²) in [5, 5.41) is 3.09. The first-order valence-corrected chi connectivity index (χ1v) is 10.1. The van der Waals surface area contributed by atoms with Crippen molar-refractivity contribution in [2.45, 2.75) is 44.7 Å². The molecule has 2 aliphatic rings. The van der Waals surface area contributed by atoms with Gasteiger partial charge in [-0.05, 0) is 50.2 Å². The molecule has 1 aromatic rings. The maximum absolute atomic E-state index is 12.6. The maximum Gasteiger partial charge on any atom is 0.243 e. The van der Waals surface area contributed by atoms with Crippen molar-refractivity contribution in [3.8, 4) is 0 Å². The van der Waals surface area contributed by atoms with Crippen LogP contribution < -0.4 is 9.62 Å². The van der Waals surface area contributed by atoms with Crippen LogP contribution in [-0.2, 0) is 14.8 Å². The average Bonchev–Trinajstić information content (AvgIpc) is 3.09. The Balaban J connectivity index is 1.75. The van der Waals surface area contributed by atoms with E-state index >= 15 is 0 Å². The van der Waals surface area contributed by atoms with Gasteiger partial charge in [0.1, 0.15) is 6.04 Å². The van der Waals surface area contributed by atoms with E-state index in [-0.39, 0.29) is 11.9 Å². The van der Waals surface area contributed by atoms with Crippen molar-refractivity contribution >= 4 is 21.6 Å². The molecule has 0 aromatic heterocycles. The first-order valence-electron chi connectivity index (χ1n) is 8.21. The zero-order valence-corrected chi connectivity index (χ0v) is 14.4. The molecule has 0 spiro atoms. The molecule has 2 saturated carbocycles. The van der Waals surface area contributed by atoms with Crippen molar-refractivity contribution in [3.05, 3.63) is 30.3 Å². The van der Waals surface area contributed by atoms with E-state index in [1.807, 2.05) is 6.07 Å². The fourth-order valence-corrected chi connectivity index (χ4v) is 5.28. The van der Waals surface area contributed by atoms with Crippen LogP contribution in [-0.4, -0.2) is 32.7 Å². The van der Waals surface area contributed by atoms with E-state index in [1.54, 1.807) is 31.2 Å². The average molecular weight is 336 g/mol. The zero-order valence-electron chi connectivity index (χ0n) is 13.6. The molecule has 0 heterocycles. The van der Waals surface area contributed by atoms with E-state index in [9.17, 15) is 13.2 Å². The lowest BCUT2D eigenvalue weighted by Gasteiger charge is -2.30. The Kier molecular flexibility index (Phi) is 4.36. The molecule has 0 radical (unpaired) electrons. The summed E-state index contributed by atoms with van der Waals surface area (Å²) in [6, 6.07) is 8.24. The van der Waals surface area contributed by atoms with Crippen LogP contribution in [0.5, 0.6) is 0 Å². The molecule has 2 bridgehead atoms. The van der Waals surface area contributed by atoms with Gasteiger partial charge < -0.3 is 5.32 Å². The molecule has 4 atom stereocenters. The van der Waals surface area contributed by atoms with Crippen LogP contribution in [0.4, 0.5) is 5.69 Å². The lowest BCUT2D eigenvalue weighted by atomic mass is 9.95. The van der Waals surface area contributed by atoms with Crippen LogP contribution in [0.3, 0.4) is 0 Å². The Morgan fingerprint density at radius 2 is 1.91 bits per heavy atom. The molecule has 2 fully saturated rings. The standard InChI is InChI=1S/C17H24N2O3S/c1-12(17(20)18-16-11-13-8-9-14(16)10-13)19(23(2,21)22)15-6-4-3-5-7-15/h3-7,12-14,16H,8-11H2,1-2H3,(H,18,20)/t12-,13-,14+,16+/m0/s1. The highest BCUT2D eigenvalue weighted by Crippen LogP contribution is 2.44. The van der Waals surface area contributed by atoms with Crippen molar-refractivity contribution in [1.29, 1.82) is 0 Å². The summed E-state index contributed by atoms with van der Waals surface area (Å²) in [7, 11) is -3.53. The number of fused-ring (bicyclic) bond motifs is 2. The lowest BCUT2D eigenvalue weighted by Crippen LogP contribution is -2.51. The highest BCUT2D eigenvalue weighted by atomic mass is 32.2. The number of anilines is 1. The quantitative estimate of drug-likeness (QED) is 0.896. The molecule has 0 aliphatic heterocycles. The van der Waals surface area contributed by atoms with E-state index < -0.39 is 16.1 Å². The van der Waals surface area contributed by atoms with Gasteiger partial charge in [0, 0.05) is 6.04 Å². The van der Waals surface area contributed by atoms with E-state index in [2.05, 4.69) is 5.32 Å². The van der Waals surface area contributed by atoms with Crippen molar-refractivity contribution in [1.82, 2.24) is 5.32 Å². The van der Waals surface area contributed by atoms with Crippen LogP contribution in [0, 0.1) is 11.8 Å². The van der Waals surface area contributed by atoms with Crippen molar-refractivity contribution in [2.75, 3.05) is 10.6 Å². The number of hydrogen-bond donors (Lipinski definition) is 1. The number of carbonyl (C=O) groups excluding carboxylic acids is 1. The summed E-state index contributed by atoms with van der Waals surface area (Å²) < 4.78 is 25.6. The third-order valence-electron chi connectivity index (χ3n) is 5.16. The van der Waals surface area contributed by atoms with Crippen molar-refractivity contribution < 1.29 is 13.2 Å². The smallest absolute Gasteiger partial charge is 0.243 e. The molecule has 0 unspecified atom stereocenters. The predicted octanol–water partition coefficient (Wildman–Crippen LogP) is 2.15. The number of carbonyl (C=O) groups is 1. The van der Waals surface area contributed by atoms with Gasteiger partial charge in [0.05, 0.1) is 11.9 Å². The van der Waals surface area contributed by atoms with Gasteiger partial charge in [-0.2, -0.15) is 0 Å². The number of nitrogens with zero attached hydrogens (tertiary/aromatic N) is 1. The Morgan fingerprint density at radius 3 is 2.43 bits per heavy atom. The van der Waals surface area contributed by atoms with E-state index in [1.165, 1.54) is 23.6 Å². The van der Waals surface area contributed by atoms with Gasteiger partial charge in [0.25, 0.3) is 0 Å². The van der Waals surface area contributed by atoms with Gasteiger partial charge in [-0.15, -0.1) is 0 Å².